The summed E-state index contributed by atoms with van der Waals surface area (Å²) >= 11 is 0. The van der Waals surface area contributed by atoms with E-state index in [1.54, 1.807) is 5.57 Å². The van der Waals surface area contributed by atoms with Gasteiger partial charge < -0.3 is 0 Å². The number of rotatable bonds is 2. The molecule has 0 N–H and O–H groups in total. The van der Waals surface area contributed by atoms with Crippen LogP contribution < -0.4 is 0 Å². The molecule has 0 bridgehead atoms. The zero-order valence-corrected chi connectivity index (χ0v) is 22.4. The number of Topliss-reactive ketones (excluding diaryl/α,β-unsaturated/α-hetero) is 3. The van der Waals surface area contributed by atoms with Crippen molar-refractivity contribution in [1.29, 1.82) is 0 Å². The third kappa shape index (κ3) is 5.38. The van der Waals surface area contributed by atoms with E-state index in [-0.39, 0.29) is 0 Å². The molecule has 6 rings (SSSR count). The Labute approximate surface area is 216 Å². The highest BCUT2D eigenvalue weighted by atomic mass is 16.1. The SMILES string of the molecule is CC1C2=C(CCC1C1CCC(=O)C1)CC(=O)CC2.CC1C2CCC(=O)C=C2CCC1C1CCC(=O)C1. The zero-order valence-electron chi connectivity index (χ0n) is 22.4. The highest BCUT2D eigenvalue weighted by Crippen LogP contribution is 2.49. The third-order valence-corrected chi connectivity index (χ3v) is 10.9. The zero-order chi connectivity index (χ0) is 25.4. The summed E-state index contributed by atoms with van der Waals surface area (Å²) in [4.78, 5) is 46.0. The van der Waals surface area contributed by atoms with Crippen molar-refractivity contribution in [2.75, 3.05) is 0 Å². The van der Waals surface area contributed by atoms with E-state index < -0.39 is 0 Å². The largest absolute Gasteiger partial charge is 0.300 e. The molecule has 4 nitrogen and oxygen atoms in total. The number of ketones is 4. The van der Waals surface area contributed by atoms with Crippen molar-refractivity contribution in [1.82, 2.24) is 0 Å². The topological polar surface area (TPSA) is 68.3 Å². The van der Waals surface area contributed by atoms with Gasteiger partial charge in [0, 0.05) is 44.9 Å². The number of hydrogen-bond donors (Lipinski definition) is 0. The minimum absolute atomic E-state index is 0.322. The first kappa shape index (κ1) is 25.8. The lowest BCUT2D eigenvalue weighted by molar-refractivity contribution is -0.119. The quantitative estimate of drug-likeness (QED) is 0.399. The van der Waals surface area contributed by atoms with E-state index in [4.69, 9.17) is 0 Å². The summed E-state index contributed by atoms with van der Waals surface area (Å²) in [5.41, 5.74) is 4.42. The molecule has 196 valence electrons. The van der Waals surface area contributed by atoms with Gasteiger partial charge in [-0.3, -0.25) is 19.2 Å². The average Bonchev–Trinajstić information content (AvgIpc) is 3.48. The molecule has 0 saturated heterocycles. The van der Waals surface area contributed by atoms with Crippen LogP contribution in [0.1, 0.15) is 110 Å². The van der Waals surface area contributed by atoms with Gasteiger partial charge in [-0.05, 0) is 98.9 Å². The maximum Gasteiger partial charge on any atom is 0.155 e. The first-order valence-electron chi connectivity index (χ1n) is 14.8. The molecule has 0 spiro atoms. The predicted molar refractivity (Wildman–Crippen MR) is 140 cm³/mol. The van der Waals surface area contributed by atoms with Gasteiger partial charge in [0.1, 0.15) is 17.3 Å². The van der Waals surface area contributed by atoms with Crippen molar-refractivity contribution in [2.45, 2.75) is 110 Å². The van der Waals surface area contributed by atoms with Crippen LogP contribution in [-0.2, 0) is 19.2 Å². The molecule has 4 heteroatoms. The number of hydrogen-bond acceptors (Lipinski definition) is 4. The summed E-state index contributed by atoms with van der Waals surface area (Å²) in [5.74, 6) is 6.24. The summed E-state index contributed by atoms with van der Waals surface area (Å²) in [5, 5.41) is 0. The van der Waals surface area contributed by atoms with Gasteiger partial charge in [0.2, 0.25) is 0 Å². The molecule has 0 heterocycles. The van der Waals surface area contributed by atoms with E-state index in [0.717, 1.165) is 83.5 Å². The summed E-state index contributed by atoms with van der Waals surface area (Å²) in [6.45, 7) is 4.68. The van der Waals surface area contributed by atoms with E-state index in [2.05, 4.69) is 13.8 Å². The van der Waals surface area contributed by atoms with Crippen molar-refractivity contribution < 1.29 is 19.2 Å². The minimum Gasteiger partial charge on any atom is -0.300 e. The van der Waals surface area contributed by atoms with Crippen LogP contribution in [0.5, 0.6) is 0 Å². The standard InChI is InChI=1S/2C16H22O2/c2*1-10-15(11-2-4-13(17)8-11)6-3-12-9-14(18)5-7-16(10)12/h10-11,15H,2-9H2,1H3;9-11,15-16H,2-8H2,1H3. The summed E-state index contributed by atoms with van der Waals surface area (Å²) < 4.78 is 0. The van der Waals surface area contributed by atoms with Gasteiger partial charge in [-0.1, -0.05) is 30.6 Å². The van der Waals surface area contributed by atoms with Gasteiger partial charge in [-0.15, -0.1) is 0 Å². The fourth-order valence-electron chi connectivity index (χ4n) is 8.89. The van der Waals surface area contributed by atoms with E-state index >= 15 is 0 Å². The number of carbonyl (C=O) groups excluding carboxylic acids is 4. The maximum atomic E-state index is 11.5. The lowest BCUT2D eigenvalue weighted by atomic mass is 9.63. The summed E-state index contributed by atoms with van der Waals surface area (Å²) in [7, 11) is 0. The molecule has 0 aromatic heterocycles. The van der Waals surface area contributed by atoms with Gasteiger partial charge in [0.15, 0.2) is 5.78 Å². The highest BCUT2D eigenvalue weighted by molar-refractivity contribution is 5.91. The summed E-state index contributed by atoms with van der Waals surface area (Å²) in [6, 6.07) is 0. The Hall–Kier alpha value is -1.84. The van der Waals surface area contributed by atoms with Gasteiger partial charge in [0.25, 0.3) is 0 Å². The van der Waals surface area contributed by atoms with Gasteiger partial charge in [0.05, 0.1) is 0 Å². The Bertz CT molecular complexity index is 984. The molecule has 0 amide bonds. The van der Waals surface area contributed by atoms with E-state index in [1.165, 1.54) is 24.0 Å². The Morgan fingerprint density at radius 2 is 1.31 bits per heavy atom. The molecule has 0 aliphatic heterocycles. The minimum atomic E-state index is 0.322. The van der Waals surface area contributed by atoms with Crippen molar-refractivity contribution >= 4 is 23.1 Å². The normalized spacial score (nSPS) is 38.8. The molecule has 0 aromatic carbocycles. The molecule has 36 heavy (non-hydrogen) atoms. The third-order valence-electron chi connectivity index (χ3n) is 10.9. The number of allylic oxidation sites excluding steroid dienone is 4. The molecule has 7 unspecified atom stereocenters. The smallest absolute Gasteiger partial charge is 0.155 e. The average molecular weight is 493 g/mol. The van der Waals surface area contributed by atoms with Crippen molar-refractivity contribution in [3.05, 3.63) is 22.8 Å². The highest BCUT2D eigenvalue weighted by Gasteiger charge is 2.41. The fourth-order valence-corrected chi connectivity index (χ4v) is 8.89. The molecule has 3 fully saturated rings. The van der Waals surface area contributed by atoms with Crippen LogP contribution >= 0.6 is 0 Å². The summed E-state index contributed by atoms with van der Waals surface area (Å²) in [6.07, 6.45) is 16.2. The van der Waals surface area contributed by atoms with Crippen LogP contribution in [0.3, 0.4) is 0 Å². The molecule has 0 radical (unpaired) electrons. The first-order valence-corrected chi connectivity index (χ1v) is 14.8. The van der Waals surface area contributed by atoms with Crippen LogP contribution in [0.15, 0.2) is 22.8 Å². The lowest BCUT2D eigenvalue weighted by Gasteiger charge is -2.42. The molecule has 7 atom stereocenters. The second kappa shape index (κ2) is 10.9. The monoisotopic (exact) mass is 492 g/mol. The van der Waals surface area contributed by atoms with E-state index in [9.17, 15) is 19.2 Å². The van der Waals surface area contributed by atoms with Gasteiger partial charge in [-0.25, -0.2) is 0 Å². The molecule has 6 aliphatic rings. The van der Waals surface area contributed by atoms with Gasteiger partial charge >= 0.3 is 0 Å². The second-order valence-electron chi connectivity index (χ2n) is 12.8. The molecule has 0 aromatic rings. The van der Waals surface area contributed by atoms with Crippen LogP contribution in [0.2, 0.25) is 0 Å². The van der Waals surface area contributed by atoms with E-state index in [0.29, 0.717) is 64.6 Å². The second-order valence-corrected chi connectivity index (χ2v) is 12.8. The Balaban J connectivity index is 0.000000148. The van der Waals surface area contributed by atoms with Crippen molar-refractivity contribution in [2.24, 2.45) is 41.4 Å². The number of fused-ring (bicyclic) bond motifs is 1. The van der Waals surface area contributed by atoms with Crippen LogP contribution in [0, 0.1) is 41.4 Å². The van der Waals surface area contributed by atoms with Crippen LogP contribution in [0.25, 0.3) is 0 Å². The predicted octanol–water partition coefficient (Wildman–Crippen LogP) is 6.76. The van der Waals surface area contributed by atoms with Crippen molar-refractivity contribution in [3.63, 3.8) is 0 Å². The molecule has 6 aliphatic carbocycles. The molecular weight excluding hydrogens is 448 g/mol. The Kier molecular flexibility index (Phi) is 7.79. The van der Waals surface area contributed by atoms with Crippen LogP contribution in [0.4, 0.5) is 0 Å². The molecular formula is C32H44O4. The van der Waals surface area contributed by atoms with Gasteiger partial charge in [-0.2, -0.15) is 0 Å². The van der Waals surface area contributed by atoms with E-state index in [1.807, 2.05) is 6.08 Å². The Morgan fingerprint density at radius 1 is 0.639 bits per heavy atom. The maximum absolute atomic E-state index is 11.5. The Morgan fingerprint density at radius 3 is 1.97 bits per heavy atom. The fraction of sp³-hybridized carbons (Fsp3) is 0.750. The first-order chi connectivity index (χ1) is 17.3. The molecule has 3 saturated carbocycles. The number of carbonyl (C=O) groups is 4. The van der Waals surface area contributed by atoms with Crippen LogP contribution in [-0.4, -0.2) is 23.1 Å². The van der Waals surface area contributed by atoms with Crippen molar-refractivity contribution in [3.8, 4) is 0 Å². The lowest BCUT2D eigenvalue weighted by Crippen LogP contribution is -2.34.